The van der Waals surface area contributed by atoms with Crippen molar-refractivity contribution in [1.29, 1.82) is 0 Å². The molecule has 3 saturated heterocycles. The van der Waals surface area contributed by atoms with E-state index in [4.69, 9.17) is 9.47 Å². The standard InChI is InChI=1S/C35H43FN8O3/c1-46-18-25-15-35(41-32(25)45)8-6-23(7-9-35)17-43-12-10-34(11-13-43)19-44(20-34)31-33(42-40-22-39-31)47-29-5-4-26(36)14-27(29)28-16-37-21-38-30(28)24-2-3-24/h4-5,14,16,21-25H,2-3,6-13,15,17-20H2,1H3,(H,41,45). The number of piperidine rings is 1. The summed E-state index contributed by atoms with van der Waals surface area (Å²) in [4.78, 5) is 30.6. The van der Waals surface area contributed by atoms with E-state index >= 15 is 0 Å². The summed E-state index contributed by atoms with van der Waals surface area (Å²) in [6.07, 6.45) is 14.6. The average Bonchev–Trinajstić information content (AvgIpc) is 3.87. The third kappa shape index (κ3) is 6.17. The van der Waals surface area contributed by atoms with E-state index in [1.807, 2.05) is 0 Å². The second kappa shape index (κ2) is 12.4. The molecule has 3 aliphatic heterocycles. The highest BCUT2D eigenvalue weighted by atomic mass is 19.1. The van der Waals surface area contributed by atoms with Crippen LogP contribution < -0.4 is 15.0 Å². The molecule has 2 aromatic heterocycles. The monoisotopic (exact) mass is 642 g/mol. The van der Waals surface area contributed by atoms with Crippen LogP contribution in [0.5, 0.6) is 11.6 Å². The number of ether oxygens (including phenoxy) is 2. The smallest absolute Gasteiger partial charge is 0.282 e. The number of benzene rings is 1. The Kier molecular flexibility index (Phi) is 8.03. The zero-order chi connectivity index (χ0) is 32.0. The molecule has 1 aromatic carbocycles. The second-order valence-electron chi connectivity index (χ2n) is 14.7. The molecule has 8 rings (SSSR count). The van der Waals surface area contributed by atoms with Gasteiger partial charge in [0, 0.05) is 60.9 Å². The molecule has 0 radical (unpaired) electrons. The quantitative estimate of drug-likeness (QED) is 0.350. The van der Waals surface area contributed by atoms with E-state index in [1.165, 1.54) is 31.3 Å². The number of methoxy groups -OCH3 is 1. The minimum atomic E-state index is -0.350. The zero-order valence-electron chi connectivity index (χ0n) is 27.0. The highest BCUT2D eigenvalue weighted by molar-refractivity contribution is 5.82. The summed E-state index contributed by atoms with van der Waals surface area (Å²) in [7, 11) is 1.68. The van der Waals surface area contributed by atoms with Crippen molar-refractivity contribution in [1.82, 2.24) is 35.4 Å². The van der Waals surface area contributed by atoms with Gasteiger partial charge in [-0.15, -0.1) is 10.2 Å². The minimum absolute atomic E-state index is 0.00239. The first-order valence-corrected chi connectivity index (χ1v) is 17.2. The number of carbonyl (C=O) groups excluding carboxylic acids is 1. The lowest BCUT2D eigenvalue weighted by molar-refractivity contribution is -0.124. The molecular formula is C35H43FN8O3. The summed E-state index contributed by atoms with van der Waals surface area (Å²) in [5, 5.41) is 11.7. The van der Waals surface area contributed by atoms with Crippen LogP contribution in [0.1, 0.15) is 69.4 Å². The minimum Gasteiger partial charge on any atom is -0.434 e. The van der Waals surface area contributed by atoms with Crippen LogP contribution in [0, 0.1) is 23.1 Å². The van der Waals surface area contributed by atoms with Gasteiger partial charge in [0.05, 0.1) is 18.2 Å². The summed E-state index contributed by atoms with van der Waals surface area (Å²) in [5.41, 5.74) is 2.57. The van der Waals surface area contributed by atoms with Crippen molar-refractivity contribution in [3.63, 3.8) is 0 Å². The first kappa shape index (κ1) is 30.6. The van der Waals surface area contributed by atoms with E-state index in [0.29, 0.717) is 41.5 Å². The third-order valence-electron chi connectivity index (χ3n) is 11.3. The molecule has 2 saturated carbocycles. The Morgan fingerprint density at radius 1 is 1.02 bits per heavy atom. The lowest BCUT2D eigenvalue weighted by Gasteiger charge is -2.54. The van der Waals surface area contributed by atoms with Gasteiger partial charge >= 0.3 is 0 Å². The molecule has 0 bridgehead atoms. The lowest BCUT2D eigenvalue weighted by Crippen LogP contribution is -2.61. The van der Waals surface area contributed by atoms with Gasteiger partial charge in [-0.3, -0.25) is 4.79 Å². The van der Waals surface area contributed by atoms with Crippen LogP contribution in [-0.4, -0.2) is 87.9 Å². The number of hydrogen-bond acceptors (Lipinski definition) is 10. The number of carbonyl (C=O) groups is 1. The number of likely N-dealkylation sites (tertiary alicyclic amines) is 1. The van der Waals surface area contributed by atoms with Crippen molar-refractivity contribution in [3.8, 4) is 22.8 Å². The first-order valence-electron chi connectivity index (χ1n) is 17.2. The van der Waals surface area contributed by atoms with Crippen LogP contribution in [0.2, 0.25) is 0 Å². The molecule has 11 nitrogen and oxygen atoms in total. The van der Waals surface area contributed by atoms with Gasteiger partial charge in [-0.2, -0.15) is 0 Å². The molecule has 2 aliphatic carbocycles. The molecule has 5 heterocycles. The molecule has 1 unspecified atom stereocenters. The maximum atomic E-state index is 14.5. The van der Waals surface area contributed by atoms with Crippen LogP contribution in [0.3, 0.4) is 0 Å². The molecule has 1 N–H and O–H groups in total. The summed E-state index contributed by atoms with van der Waals surface area (Å²) >= 11 is 0. The SMILES string of the molecule is COCC1CC2(CCC(CN3CCC4(CC3)CN(c3ncnnc3Oc3ccc(F)cc3-c3cncnc3C3CC3)C4)CC2)NC1=O. The van der Waals surface area contributed by atoms with Gasteiger partial charge in [-0.25, -0.2) is 19.3 Å². The number of rotatable bonds is 9. The molecule has 248 valence electrons. The number of hydrogen-bond donors (Lipinski definition) is 1. The molecule has 2 spiro atoms. The molecule has 1 atom stereocenters. The van der Waals surface area contributed by atoms with Crippen LogP contribution >= 0.6 is 0 Å². The maximum absolute atomic E-state index is 14.5. The Morgan fingerprint density at radius 2 is 1.83 bits per heavy atom. The number of halogens is 1. The van der Waals surface area contributed by atoms with E-state index in [-0.39, 0.29) is 28.6 Å². The summed E-state index contributed by atoms with van der Waals surface area (Å²) < 4.78 is 26.1. The molecule has 3 aromatic rings. The van der Waals surface area contributed by atoms with Gasteiger partial charge in [0.1, 0.15) is 24.2 Å². The van der Waals surface area contributed by atoms with Gasteiger partial charge in [0.25, 0.3) is 5.88 Å². The maximum Gasteiger partial charge on any atom is 0.282 e. The van der Waals surface area contributed by atoms with E-state index in [9.17, 15) is 9.18 Å². The Labute approximate surface area is 274 Å². The van der Waals surface area contributed by atoms with Crippen molar-refractivity contribution < 1.29 is 18.7 Å². The van der Waals surface area contributed by atoms with Crippen LogP contribution in [0.25, 0.3) is 11.1 Å². The fourth-order valence-corrected chi connectivity index (χ4v) is 8.54. The number of nitrogens with zero attached hydrogens (tertiary/aromatic N) is 7. The van der Waals surface area contributed by atoms with Crippen LogP contribution in [0.15, 0.2) is 37.1 Å². The van der Waals surface area contributed by atoms with Crippen molar-refractivity contribution in [2.75, 3.05) is 51.3 Å². The molecule has 5 aliphatic rings. The fourth-order valence-electron chi connectivity index (χ4n) is 8.54. The van der Waals surface area contributed by atoms with Crippen molar-refractivity contribution in [2.45, 2.75) is 69.2 Å². The predicted molar refractivity (Wildman–Crippen MR) is 172 cm³/mol. The third-order valence-corrected chi connectivity index (χ3v) is 11.3. The fraction of sp³-hybridized carbons (Fsp3) is 0.600. The molecule has 5 fully saturated rings. The molecule has 12 heteroatoms. The van der Waals surface area contributed by atoms with Gasteiger partial charge < -0.3 is 24.6 Å². The van der Waals surface area contributed by atoms with E-state index in [0.717, 1.165) is 88.9 Å². The highest BCUT2D eigenvalue weighted by Gasteiger charge is 2.48. The Balaban J connectivity index is 0.873. The predicted octanol–water partition coefficient (Wildman–Crippen LogP) is 4.75. The lowest BCUT2D eigenvalue weighted by atomic mass is 9.71. The first-order chi connectivity index (χ1) is 22.9. The summed E-state index contributed by atoms with van der Waals surface area (Å²) in [5.74, 6) is 2.34. The number of amides is 1. The van der Waals surface area contributed by atoms with E-state index in [2.05, 4.69) is 40.3 Å². The van der Waals surface area contributed by atoms with Crippen molar-refractivity contribution >= 4 is 11.7 Å². The summed E-state index contributed by atoms with van der Waals surface area (Å²) in [6.45, 7) is 5.68. The van der Waals surface area contributed by atoms with Crippen molar-refractivity contribution in [3.05, 3.63) is 48.6 Å². The molecular weight excluding hydrogens is 599 g/mol. The van der Waals surface area contributed by atoms with Gasteiger partial charge in [-0.1, -0.05) is 0 Å². The molecule has 47 heavy (non-hydrogen) atoms. The Bertz CT molecular complexity index is 1610. The number of aromatic nitrogens is 5. The zero-order valence-corrected chi connectivity index (χ0v) is 27.0. The van der Waals surface area contributed by atoms with Crippen LogP contribution in [-0.2, 0) is 9.53 Å². The number of anilines is 1. The molecule has 1 amide bonds. The topological polar surface area (TPSA) is 118 Å². The Morgan fingerprint density at radius 3 is 2.60 bits per heavy atom. The largest absolute Gasteiger partial charge is 0.434 e. The van der Waals surface area contributed by atoms with Gasteiger partial charge in [0.2, 0.25) is 5.91 Å². The summed E-state index contributed by atoms with van der Waals surface area (Å²) in [6, 6.07) is 4.51. The van der Waals surface area contributed by atoms with Crippen LogP contribution in [0.4, 0.5) is 10.2 Å². The second-order valence-corrected chi connectivity index (χ2v) is 14.7. The van der Waals surface area contributed by atoms with Gasteiger partial charge in [-0.05, 0) is 95.0 Å². The van der Waals surface area contributed by atoms with Gasteiger partial charge in [0.15, 0.2) is 5.82 Å². The van der Waals surface area contributed by atoms with E-state index in [1.54, 1.807) is 25.7 Å². The Hall–Kier alpha value is -3.77. The van der Waals surface area contributed by atoms with Crippen molar-refractivity contribution in [2.24, 2.45) is 17.3 Å². The highest BCUT2D eigenvalue weighted by Crippen LogP contribution is 2.48. The number of nitrogens with one attached hydrogen (secondary N) is 1. The van der Waals surface area contributed by atoms with E-state index < -0.39 is 0 Å². The average molecular weight is 643 g/mol. The normalized spacial score (nSPS) is 27.2.